The lowest BCUT2D eigenvalue weighted by Crippen LogP contribution is -2.60. The number of aliphatic hydroxyl groups excluding tert-OH is 2. The van der Waals surface area contributed by atoms with Gasteiger partial charge < -0.3 is 30.3 Å². The van der Waals surface area contributed by atoms with Gasteiger partial charge >= 0.3 is 12.1 Å². The number of methoxy groups -OCH3 is 1. The molecule has 3 rings (SSSR count). The molecule has 1 aliphatic heterocycles. The van der Waals surface area contributed by atoms with Crippen molar-refractivity contribution in [3.8, 4) is 0 Å². The smallest absolute Gasteiger partial charge is 0.407 e. The molecule has 11 nitrogen and oxygen atoms in total. The Morgan fingerprint density at radius 3 is 2.07 bits per heavy atom. The van der Waals surface area contributed by atoms with Gasteiger partial charge in [-0.05, 0) is 83.1 Å². The zero-order valence-electron chi connectivity index (χ0n) is 26.8. The number of rotatable bonds is 11. The van der Waals surface area contributed by atoms with Crippen LogP contribution in [0.2, 0.25) is 10.0 Å². The SMILES string of the molecule is C.CN1C[C@H](Cc2ccc(Cl)cc2)NC(=O)[C@@H]1CO.COC(=O)[C@H](CO)N(C)C[C@H](Cc1ccc(Cl)cc1)NC(=O)OC(C)(C)C. The Morgan fingerprint density at radius 2 is 1.61 bits per heavy atom. The van der Waals surface area contributed by atoms with Crippen LogP contribution in [0.25, 0.3) is 0 Å². The van der Waals surface area contributed by atoms with Crippen molar-refractivity contribution in [3.63, 3.8) is 0 Å². The van der Waals surface area contributed by atoms with E-state index in [2.05, 4.69) is 10.6 Å². The van der Waals surface area contributed by atoms with Crippen LogP contribution in [0.1, 0.15) is 39.3 Å². The molecule has 0 saturated carbocycles. The third-order valence-corrected chi connectivity index (χ3v) is 7.56. The van der Waals surface area contributed by atoms with Crippen LogP contribution < -0.4 is 10.6 Å². The molecule has 4 N–H and O–H groups in total. The number of carbonyl (C=O) groups excluding carboxylic acids is 3. The predicted molar refractivity (Wildman–Crippen MR) is 181 cm³/mol. The molecular formula is C33H50Cl2N4O7. The van der Waals surface area contributed by atoms with Crippen molar-refractivity contribution in [1.82, 2.24) is 20.4 Å². The summed E-state index contributed by atoms with van der Waals surface area (Å²) in [5, 5.41) is 25.7. The number of benzene rings is 2. The lowest BCUT2D eigenvalue weighted by atomic mass is 10.0. The number of hydrogen-bond donors (Lipinski definition) is 4. The van der Waals surface area contributed by atoms with E-state index in [1.54, 1.807) is 44.9 Å². The molecule has 0 radical (unpaired) electrons. The third kappa shape index (κ3) is 14.2. The number of nitrogens with zero attached hydrogens (tertiary/aromatic N) is 2. The van der Waals surface area contributed by atoms with Gasteiger partial charge in [0.25, 0.3) is 0 Å². The summed E-state index contributed by atoms with van der Waals surface area (Å²) in [6, 6.07) is 13.4. The summed E-state index contributed by atoms with van der Waals surface area (Å²) in [6.45, 7) is 5.87. The number of aliphatic hydroxyl groups is 2. The molecule has 0 spiro atoms. The third-order valence-electron chi connectivity index (χ3n) is 7.06. The summed E-state index contributed by atoms with van der Waals surface area (Å²) < 4.78 is 10.0. The van der Waals surface area contributed by atoms with Gasteiger partial charge in [0, 0.05) is 35.2 Å². The van der Waals surface area contributed by atoms with Crippen LogP contribution in [0.5, 0.6) is 0 Å². The highest BCUT2D eigenvalue weighted by Crippen LogP contribution is 2.15. The minimum atomic E-state index is -0.817. The molecule has 1 heterocycles. The van der Waals surface area contributed by atoms with Gasteiger partial charge in [-0.25, -0.2) is 4.79 Å². The molecular weight excluding hydrogens is 635 g/mol. The van der Waals surface area contributed by atoms with Crippen LogP contribution in [0.15, 0.2) is 48.5 Å². The lowest BCUT2D eigenvalue weighted by molar-refractivity contribution is -0.148. The van der Waals surface area contributed by atoms with E-state index in [4.69, 9.17) is 37.8 Å². The van der Waals surface area contributed by atoms with Crippen LogP contribution in [0.3, 0.4) is 0 Å². The van der Waals surface area contributed by atoms with E-state index in [9.17, 15) is 19.5 Å². The molecule has 2 amide bonds. The van der Waals surface area contributed by atoms with E-state index in [-0.39, 0.29) is 38.6 Å². The summed E-state index contributed by atoms with van der Waals surface area (Å²) in [5.74, 6) is -0.646. The second-order valence-electron chi connectivity index (χ2n) is 12.0. The number of nitrogens with one attached hydrogen (secondary N) is 2. The van der Waals surface area contributed by atoms with Crippen molar-refractivity contribution in [2.45, 2.75) is 70.8 Å². The Balaban J connectivity index is 0.000000483. The monoisotopic (exact) mass is 684 g/mol. The van der Waals surface area contributed by atoms with Crippen molar-refractivity contribution in [2.75, 3.05) is 47.5 Å². The van der Waals surface area contributed by atoms with E-state index >= 15 is 0 Å². The van der Waals surface area contributed by atoms with Gasteiger partial charge in [-0.15, -0.1) is 0 Å². The maximum Gasteiger partial charge on any atom is 0.407 e. The first-order valence-electron chi connectivity index (χ1n) is 14.6. The van der Waals surface area contributed by atoms with E-state index in [0.29, 0.717) is 23.0 Å². The van der Waals surface area contributed by atoms with Crippen molar-refractivity contribution >= 4 is 41.2 Å². The average molecular weight is 686 g/mol. The number of halogens is 2. The van der Waals surface area contributed by atoms with Gasteiger partial charge in [0.05, 0.1) is 20.3 Å². The molecule has 0 aliphatic carbocycles. The number of likely N-dealkylation sites (N-methyl/N-ethyl adjacent to an activating group) is 2. The second kappa shape index (κ2) is 19.7. The lowest BCUT2D eigenvalue weighted by Gasteiger charge is -2.36. The molecule has 46 heavy (non-hydrogen) atoms. The van der Waals surface area contributed by atoms with E-state index < -0.39 is 29.7 Å². The van der Waals surface area contributed by atoms with Crippen molar-refractivity contribution in [2.24, 2.45) is 0 Å². The van der Waals surface area contributed by atoms with Crippen LogP contribution in [-0.2, 0) is 31.9 Å². The minimum absolute atomic E-state index is 0. The Morgan fingerprint density at radius 1 is 1.07 bits per heavy atom. The molecule has 0 unspecified atom stereocenters. The number of ether oxygens (including phenoxy) is 2. The molecule has 258 valence electrons. The first-order chi connectivity index (χ1) is 21.1. The number of hydrogen-bond acceptors (Lipinski definition) is 9. The summed E-state index contributed by atoms with van der Waals surface area (Å²) in [4.78, 5) is 39.3. The molecule has 1 fully saturated rings. The maximum absolute atomic E-state index is 12.2. The second-order valence-corrected chi connectivity index (χ2v) is 12.9. The van der Waals surface area contributed by atoms with Gasteiger partial charge in [0.2, 0.25) is 5.91 Å². The Labute approximate surface area is 283 Å². The van der Waals surface area contributed by atoms with Crippen LogP contribution in [-0.4, -0.2) is 115 Å². The molecule has 0 bridgehead atoms. The first-order valence-corrected chi connectivity index (χ1v) is 15.4. The molecule has 4 atom stereocenters. The number of piperazine rings is 1. The maximum atomic E-state index is 12.2. The number of amides is 2. The zero-order valence-corrected chi connectivity index (χ0v) is 28.3. The van der Waals surface area contributed by atoms with Gasteiger partial charge in [-0.1, -0.05) is 54.9 Å². The van der Waals surface area contributed by atoms with Crippen LogP contribution in [0, 0.1) is 0 Å². The van der Waals surface area contributed by atoms with Gasteiger partial charge in [-0.2, -0.15) is 0 Å². The molecule has 2 aromatic carbocycles. The van der Waals surface area contributed by atoms with Crippen LogP contribution >= 0.6 is 23.2 Å². The number of carbonyl (C=O) groups is 3. The fourth-order valence-electron chi connectivity index (χ4n) is 4.81. The standard InChI is InChI=1S/C19H29ClN2O5.C13H17ClN2O2.CH4/c1-19(2,3)27-18(25)21-15(10-13-6-8-14(20)9-7-13)11-22(4)16(12-23)17(24)26-5;1-16-7-11(15-13(18)12(16)8-17)6-9-2-4-10(14)5-3-9;/h6-9,15-16,23H,10-12H2,1-5H3,(H,21,25);2-5,11-12,17H,6-8H2,1H3,(H,15,18);1H4/t15-,16-;11-,12-;/m00./s1. The summed E-state index contributed by atoms with van der Waals surface area (Å²) in [7, 11) is 4.81. The fourth-order valence-corrected chi connectivity index (χ4v) is 5.06. The highest BCUT2D eigenvalue weighted by Gasteiger charge is 2.31. The summed E-state index contributed by atoms with van der Waals surface area (Å²) in [5.41, 5.74) is 1.48. The molecule has 1 aliphatic rings. The normalized spacial score (nSPS) is 17.8. The van der Waals surface area contributed by atoms with Crippen molar-refractivity contribution < 1.29 is 34.1 Å². The van der Waals surface area contributed by atoms with E-state index in [1.165, 1.54) is 7.11 Å². The largest absolute Gasteiger partial charge is 0.468 e. The highest BCUT2D eigenvalue weighted by atomic mass is 35.5. The van der Waals surface area contributed by atoms with Crippen molar-refractivity contribution in [1.29, 1.82) is 0 Å². The molecule has 1 saturated heterocycles. The number of alkyl carbamates (subject to hydrolysis) is 1. The van der Waals surface area contributed by atoms with E-state index in [0.717, 1.165) is 24.1 Å². The highest BCUT2D eigenvalue weighted by molar-refractivity contribution is 6.30. The van der Waals surface area contributed by atoms with Crippen LogP contribution in [0.4, 0.5) is 4.79 Å². The van der Waals surface area contributed by atoms with Gasteiger partial charge in [-0.3, -0.25) is 19.4 Å². The zero-order chi connectivity index (χ0) is 33.7. The van der Waals surface area contributed by atoms with Gasteiger partial charge in [0.1, 0.15) is 17.7 Å². The minimum Gasteiger partial charge on any atom is -0.468 e. The first kappa shape index (κ1) is 41.1. The quantitative estimate of drug-likeness (QED) is 0.262. The number of esters is 1. The summed E-state index contributed by atoms with van der Waals surface area (Å²) >= 11 is 11.8. The Hall–Kier alpha value is -2.93. The van der Waals surface area contributed by atoms with Gasteiger partial charge in [0.15, 0.2) is 0 Å². The topological polar surface area (TPSA) is 141 Å². The molecule has 13 heteroatoms. The molecule has 0 aromatic heterocycles. The van der Waals surface area contributed by atoms with Crippen molar-refractivity contribution in [3.05, 3.63) is 69.7 Å². The Kier molecular flexibility index (Phi) is 17.6. The fraction of sp³-hybridized carbons (Fsp3) is 0.545. The van der Waals surface area contributed by atoms with E-state index in [1.807, 2.05) is 48.3 Å². The average Bonchev–Trinajstić information content (AvgIpc) is 2.95. The Bertz CT molecular complexity index is 1230. The summed E-state index contributed by atoms with van der Waals surface area (Å²) in [6.07, 6.45) is 0.722. The molecule has 2 aromatic rings. The predicted octanol–water partition coefficient (Wildman–Crippen LogP) is 3.55.